The first-order chi connectivity index (χ1) is 8.72. The van der Waals surface area contributed by atoms with Gasteiger partial charge in [-0.2, -0.15) is 0 Å². The molecule has 0 radical (unpaired) electrons. The van der Waals surface area contributed by atoms with E-state index in [0.29, 0.717) is 11.3 Å². The van der Waals surface area contributed by atoms with Crippen molar-refractivity contribution in [2.45, 2.75) is 38.7 Å². The van der Waals surface area contributed by atoms with Crippen LogP contribution in [-0.4, -0.2) is 27.5 Å². The van der Waals surface area contributed by atoms with Crippen LogP contribution in [0.1, 0.15) is 43.1 Å². The number of nitrogens with zero attached hydrogens (tertiary/aromatic N) is 2. The van der Waals surface area contributed by atoms with Gasteiger partial charge in [-0.25, -0.2) is 0 Å². The maximum Gasteiger partial charge on any atom is 0.295 e. The molecular formula is C13H16N2O3. The standard InChI is InChI=1S/C13H16N2O3/c1-2-3-6-10-9-12(15(17)18-10)13(16)11-7-4-5-8-14-11/h4-5,7-8,10H,2-3,6,9H2,1H3. The molecule has 1 aliphatic heterocycles. The third-order valence-electron chi connectivity index (χ3n) is 2.93. The molecule has 18 heavy (non-hydrogen) atoms. The van der Waals surface area contributed by atoms with Gasteiger partial charge in [-0.15, -0.1) is 0 Å². The molecule has 0 fully saturated rings. The van der Waals surface area contributed by atoms with Gasteiger partial charge in [0.1, 0.15) is 5.69 Å². The summed E-state index contributed by atoms with van der Waals surface area (Å²) in [6, 6.07) is 5.05. The van der Waals surface area contributed by atoms with Gasteiger partial charge in [0.15, 0.2) is 0 Å². The Labute approximate surface area is 106 Å². The third-order valence-corrected chi connectivity index (χ3v) is 2.93. The number of carbonyl (C=O) groups excluding carboxylic acids is 1. The van der Waals surface area contributed by atoms with Gasteiger partial charge in [-0.05, 0) is 18.6 Å². The molecule has 1 unspecified atom stereocenters. The molecule has 5 heteroatoms. The summed E-state index contributed by atoms with van der Waals surface area (Å²) in [6.45, 7) is 2.08. The van der Waals surface area contributed by atoms with E-state index in [9.17, 15) is 10.0 Å². The van der Waals surface area contributed by atoms with Crippen LogP contribution in [0.4, 0.5) is 0 Å². The highest BCUT2D eigenvalue weighted by Gasteiger charge is 2.34. The van der Waals surface area contributed by atoms with Crippen molar-refractivity contribution in [3.63, 3.8) is 0 Å². The zero-order chi connectivity index (χ0) is 13.0. The fourth-order valence-corrected chi connectivity index (χ4v) is 1.93. The van der Waals surface area contributed by atoms with Crippen LogP contribution < -0.4 is 0 Å². The molecular weight excluding hydrogens is 232 g/mol. The molecule has 1 aliphatic rings. The Morgan fingerprint density at radius 3 is 3.11 bits per heavy atom. The van der Waals surface area contributed by atoms with E-state index in [4.69, 9.17) is 4.84 Å². The van der Waals surface area contributed by atoms with Crippen molar-refractivity contribution in [2.75, 3.05) is 0 Å². The highest BCUT2D eigenvalue weighted by molar-refractivity contribution is 6.43. The zero-order valence-corrected chi connectivity index (χ0v) is 10.3. The van der Waals surface area contributed by atoms with Gasteiger partial charge < -0.3 is 4.84 Å². The Hall–Kier alpha value is -1.91. The summed E-state index contributed by atoms with van der Waals surface area (Å²) in [4.78, 5) is 21.5. The van der Waals surface area contributed by atoms with E-state index < -0.39 is 0 Å². The van der Waals surface area contributed by atoms with Gasteiger partial charge in [-0.3, -0.25) is 15.0 Å². The van der Waals surface area contributed by atoms with Crippen molar-refractivity contribution in [1.82, 2.24) is 4.98 Å². The third kappa shape index (κ3) is 2.67. The predicted molar refractivity (Wildman–Crippen MR) is 66.2 cm³/mol. The lowest BCUT2D eigenvalue weighted by Gasteiger charge is -2.09. The van der Waals surface area contributed by atoms with Crippen molar-refractivity contribution in [2.24, 2.45) is 0 Å². The lowest BCUT2D eigenvalue weighted by atomic mass is 10.0. The Kier molecular flexibility index (Phi) is 3.92. The summed E-state index contributed by atoms with van der Waals surface area (Å²) in [7, 11) is 0. The largest absolute Gasteiger partial charge is 0.399 e. The molecule has 2 rings (SSSR count). The second kappa shape index (κ2) is 5.62. The highest BCUT2D eigenvalue weighted by atomic mass is 16.9. The number of ketones is 1. The number of unbranched alkanes of at least 4 members (excludes halogenated alkanes) is 1. The average Bonchev–Trinajstić information content (AvgIpc) is 2.78. The number of hydrogen-bond donors (Lipinski definition) is 0. The maximum atomic E-state index is 12.1. The quantitative estimate of drug-likeness (QED) is 0.591. The Morgan fingerprint density at radius 2 is 2.44 bits per heavy atom. The maximum absolute atomic E-state index is 12.1. The summed E-state index contributed by atoms with van der Waals surface area (Å²) in [5, 5.41) is 11.6. The lowest BCUT2D eigenvalue weighted by Crippen LogP contribution is -2.20. The SMILES string of the molecule is CCCCC1CC(C(=O)c2ccccn2)=[N+]([O-])O1. The van der Waals surface area contributed by atoms with Gasteiger partial charge in [0.2, 0.25) is 0 Å². The second-order valence-electron chi connectivity index (χ2n) is 4.32. The van der Waals surface area contributed by atoms with Crippen LogP contribution in [0, 0.1) is 5.21 Å². The number of hydrogen-bond acceptors (Lipinski definition) is 4. The van der Waals surface area contributed by atoms with E-state index in [-0.39, 0.29) is 23.3 Å². The Bertz CT molecular complexity index is 457. The molecule has 96 valence electrons. The van der Waals surface area contributed by atoms with Crippen LogP contribution in [0.5, 0.6) is 0 Å². The molecule has 1 aromatic rings. The Balaban J connectivity index is 2.05. The molecule has 0 saturated heterocycles. The highest BCUT2D eigenvalue weighted by Crippen LogP contribution is 2.17. The zero-order valence-electron chi connectivity index (χ0n) is 10.3. The number of pyridine rings is 1. The summed E-state index contributed by atoms with van der Waals surface area (Å²) in [6.07, 6.45) is 4.57. The lowest BCUT2D eigenvalue weighted by molar-refractivity contribution is -0.740. The molecule has 0 aliphatic carbocycles. The molecule has 0 N–H and O–H groups in total. The number of rotatable bonds is 5. The van der Waals surface area contributed by atoms with Crippen LogP contribution in [-0.2, 0) is 4.84 Å². The van der Waals surface area contributed by atoms with Crippen LogP contribution in [0.15, 0.2) is 24.4 Å². The second-order valence-corrected chi connectivity index (χ2v) is 4.32. The van der Waals surface area contributed by atoms with E-state index in [1.54, 1.807) is 18.2 Å². The number of carbonyl (C=O) groups is 1. The molecule has 0 spiro atoms. The summed E-state index contributed by atoms with van der Waals surface area (Å²) in [5.41, 5.74) is 0.433. The van der Waals surface area contributed by atoms with Crippen molar-refractivity contribution < 1.29 is 14.5 Å². The van der Waals surface area contributed by atoms with Crippen LogP contribution in [0.25, 0.3) is 0 Å². The summed E-state index contributed by atoms with van der Waals surface area (Å²) in [5.74, 6) is -0.343. The number of Topliss-reactive ketones (excluding diaryl/α,β-unsaturated/α-hetero) is 1. The normalized spacial score (nSPS) is 18.8. The van der Waals surface area contributed by atoms with Gasteiger partial charge in [0.25, 0.3) is 11.5 Å². The van der Waals surface area contributed by atoms with Crippen molar-refractivity contribution in [1.29, 1.82) is 0 Å². The van der Waals surface area contributed by atoms with E-state index in [0.717, 1.165) is 19.3 Å². The van der Waals surface area contributed by atoms with Crippen molar-refractivity contribution in [3.8, 4) is 0 Å². The molecule has 0 aromatic carbocycles. The van der Waals surface area contributed by atoms with Gasteiger partial charge in [-0.1, -0.05) is 25.8 Å². The first-order valence-electron chi connectivity index (χ1n) is 6.18. The fraction of sp³-hybridized carbons (Fsp3) is 0.462. The molecule has 1 atom stereocenters. The van der Waals surface area contributed by atoms with Gasteiger partial charge >= 0.3 is 0 Å². The minimum atomic E-state index is -0.343. The monoisotopic (exact) mass is 248 g/mol. The molecule has 0 saturated carbocycles. The van der Waals surface area contributed by atoms with Crippen LogP contribution in [0.2, 0.25) is 0 Å². The smallest absolute Gasteiger partial charge is 0.295 e. The van der Waals surface area contributed by atoms with Crippen LogP contribution in [0.3, 0.4) is 0 Å². The average molecular weight is 248 g/mol. The van der Waals surface area contributed by atoms with E-state index in [1.165, 1.54) is 6.20 Å². The molecule has 2 heterocycles. The van der Waals surface area contributed by atoms with Crippen molar-refractivity contribution >= 4 is 11.5 Å². The predicted octanol–water partition coefficient (Wildman–Crippen LogP) is 2.11. The summed E-state index contributed by atoms with van der Waals surface area (Å²) >= 11 is 0. The van der Waals surface area contributed by atoms with E-state index in [2.05, 4.69) is 11.9 Å². The topological polar surface area (TPSA) is 65.3 Å². The first kappa shape index (κ1) is 12.5. The van der Waals surface area contributed by atoms with Gasteiger partial charge in [0.05, 0.1) is 12.5 Å². The minimum absolute atomic E-state index is 0.148. The van der Waals surface area contributed by atoms with E-state index >= 15 is 0 Å². The van der Waals surface area contributed by atoms with Crippen LogP contribution >= 0.6 is 0 Å². The Morgan fingerprint density at radius 1 is 1.61 bits per heavy atom. The first-order valence-corrected chi connectivity index (χ1v) is 6.18. The number of aromatic nitrogens is 1. The van der Waals surface area contributed by atoms with Crippen molar-refractivity contribution in [3.05, 3.63) is 35.3 Å². The molecule has 5 nitrogen and oxygen atoms in total. The summed E-state index contributed by atoms with van der Waals surface area (Å²) < 4.78 is 0. The minimum Gasteiger partial charge on any atom is -0.399 e. The fourth-order valence-electron chi connectivity index (χ4n) is 1.93. The molecule has 1 aromatic heterocycles. The van der Waals surface area contributed by atoms with E-state index in [1.807, 2.05) is 0 Å². The molecule has 0 bridgehead atoms. The molecule has 0 amide bonds. The van der Waals surface area contributed by atoms with Gasteiger partial charge in [0, 0.05) is 11.1 Å².